The summed E-state index contributed by atoms with van der Waals surface area (Å²) in [6.07, 6.45) is 21.9. The molecule has 0 aromatic carbocycles. The molecule has 17 atom stereocenters. The van der Waals surface area contributed by atoms with E-state index in [-0.39, 0.29) is 68.8 Å². The highest BCUT2D eigenvalue weighted by molar-refractivity contribution is 5.86. The number of guanidine groups is 1. The molecule has 17 unspecified atom stereocenters. The first-order chi connectivity index (χ1) is 38.3. The van der Waals surface area contributed by atoms with Gasteiger partial charge in [-0.3, -0.25) is 9.79 Å². The van der Waals surface area contributed by atoms with Crippen LogP contribution in [0.15, 0.2) is 150 Å². The number of hydrogen-bond donors (Lipinski definition) is 17. The summed E-state index contributed by atoms with van der Waals surface area (Å²) < 4.78 is 0. The third-order valence-electron chi connectivity index (χ3n) is 12.9. The Morgan fingerprint density at radius 3 is 1.51 bits per heavy atom. The van der Waals surface area contributed by atoms with Gasteiger partial charge in [-0.25, -0.2) is 4.79 Å². The summed E-state index contributed by atoms with van der Waals surface area (Å²) in [6.45, 7) is 6.94. The summed E-state index contributed by atoms with van der Waals surface area (Å²) in [4.78, 5) is 27.4. The zero-order valence-corrected chi connectivity index (χ0v) is 47.4. The Morgan fingerprint density at radius 2 is 0.951 bits per heavy atom. The van der Waals surface area contributed by atoms with E-state index in [4.69, 9.17) is 16.6 Å². The number of unbranched alkanes of at least 4 members (excludes halogenated alkanes) is 1. The van der Waals surface area contributed by atoms with Gasteiger partial charge < -0.3 is 88.1 Å². The number of carbonyl (C=O) groups is 2. The lowest BCUT2D eigenvalue weighted by Gasteiger charge is -2.26. The van der Waals surface area contributed by atoms with E-state index in [0.29, 0.717) is 19.4 Å². The standard InChI is InChI=1S/C61H97N3O17/c1-41(25-18-14-10-9-11-15-19-26-42(2)60(80)81)57(77)43(3)52(72)32-20-16-12-7-5-6-8-13-17-21-33-53(73)44(4)58(78)54(74)38-48(68)29-22-27-45(65)35-50(70)36-46(66)28-23-30-49(69)39-55(75)59(79)56(76)40-51(71)37-47(67)31-24-34-64-61(62)63/h5-9,11-13,15-23,25-26,28-29,32-33,41,43-57,59,65-77,79H,10,14,24,27,30-31,34-40H2,1-4H3,(H,80,81)(H4,62,63,64)/b7-5+,8-6+,11-9+,16-12+,17-13+,19-15+,25-18+,28-23+,29-22+,32-20+,33-21-,42-26+. The topological polar surface area (TPSA) is 402 Å². The van der Waals surface area contributed by atoms with Crippen molar-refractivity contribution in [1.82, 2.24) is 0 Å². The van der Waals surface area contributed by atoms with Crippen LogP contribution >= 0.6 is 0 Å². The van der Waals surface area contributed by atoms with Gasteiger partial charge in [0.15, 0.2) is 11.7 Å². The minimum atomic E-state index is -1.70. The third-order valence-corrected chi connectivity index (χ3v) is 12.9. The molecule has 458 valence electrons. The summed E-state index contributed by atoms with van der Waals surface area (Å²) in [5.74, 6) is -3.29. The Kier molecular flexibility index (Phi) is 42.3. The molecule has 0 aliphatic carbocycles. The highest BCUT2D eigenvalue weighted by atomic mass is 16.4. The van der Waals surface area contributed by atoms with E-state index >= 15 is 0 Å². The number of aliphatic imine (C=N–C) groups is 1. The fourth-order valence-electron chi connectivity index (χ4n) is 7.82. The van der Waals surface area contributed by atoms with Crippen molar-refractivity contribution in [2.75, 3.05) is 6.54 Å². The molecule has 0 saturated carbocycles. The average molecular weight is 1140 g/mol. The molecule has 0 aliphatic heterocycles. The van der Waals surface area contributed by atoms with E-state index in [9.17, 15) is 81.1 Å². The van der Waals surface area contributed by atoms with Crippen LogP contribution in [0.25, 0.3) is 0 Å². The normalized spacial score (nSPS) is 19.8. The van der Waals surface area contributed by atoms with Crippen LogP contribution in [0.2, 0.25) is 0 Å². The van der Waals surface area contributed by atoms with Crippen LogP contribution in [0, 0.1) is 17.8 Å². The lowest BCUT2D eigenvalue weighted by atomic mass is 9.88. The first kappa shape index (κ1) is 75.7. The molecule has 0 fully saturated rings. The second kappa shape index (κ2) is 45.3. The number of rotatable bonds is 44. The predicted molar refractivity (Wildman–Crippen MR) is 315 cm³/mol. The van der Waals surface area contributed by atoms with Crippen molar-refractivity contribution < 1.29 is 86.2 Å². The van der Waals surface area contributed by atoms with E-state index in [0.717, 1.165) is 12.8 Å². The van der Waals surface area contributed by atoms with Crippen molar-refractivity contribution in [3.63, 3.8) is 0 Å². The number of nitrogens with two attached hydrogens (primary N) is 2. The summed E-state index contributed by atoms with van der Waals surface area (Å²) in [5.41, 5.74) is 10.7. The minimum Gasteiger partial charge on any atom is -0.478 e. The van der Waals surface area contributed by atoms with Crippen molar-refractivity contribution in [2.45, 2.75) is 190 Å². The van der Waals surface area contributed by atoms with Gasteiger partial charge in [-0.15, -0.1) is 0 Å². The van der Waals surface area contributed by atoms with Crippen LogP contribution in [0.5, 0.6) is 0 Å². The monoisotopic (exact) mass is 1140 g/mol. The Labute approximate surface area is 478 Å². The molecule has 0 bridgehead atoms. The van der Waals surface area contributed by atoms with Crippen LogP contribution in [-0.2, 0) is 9.59 Å². The summed E-state index contributed by atoms with van der Waals surface area (Å²) in [7, 11) is 0. The molecule has 20 nitrogen and oxygen atoms in total. The van der Waals surface area contributed by atoms with Crippen molar-refractivity contribution in [1.29, 1.82) is 0 Å². The SMILES string of the molecule is C\C(=C/C=C/C=C/CC/C=C/C(C)C(O)C(C)C(O)/C=C/C=C/C=C/C=C/C=C/C=C\C(O)C(C)C(=O)C(O)CC(O)/C=C/CC(O)CC(O)CC(O)/C=C/CC(O)CC(O)C(O)C(O)CC(O)CC(O)CCCN=C(N)N)C(=O)O. The lowest BCUT2D eigenvalue weighted by Crippen LogP contribution is -2.41. The summed E-state index contributed by atoms with van der Waals surface area (Å²) >= 11 is 0. The number of aliphatic carboxylic acids is 1. The van der Waals surface area contributed by atoms with E-state index in [1.807, 2.05) is 31.2 Å². The number of aliphatic hydroxyl groups is 14. The van der Waals surface area contributed by atoms with Gasteiger partial charge in [-0.2, -0.15) is 0 Å². The molecular weight excluding hydrogens is 1050 g/mol. The van der Waals surface area contributed by atoms with Gasteiger partial charge in [0.1, 0.15) is 12.2 Å². The smallest absolute Gasteiger partial charge is 0.331 e. The zero-order chi connectivity index (χ0) is 61.3. The number of nitrogens with zero attached hydrogens (tertiary/aromatic N) is 1. The van der Waals surface area contributed by atoms with Crippen LogP contribution in [0.4, 0.5) is 0 Å². The highest BCUT2D eigenvalue weighted by Crippen LogP contribution is 2.21. The van der Waals surface area contributed by atoms with E-state index < -0.39 is 109 Å². The highest BCUT2D eigenvalue weighted by Gasteiger charge is 2.30. The number of aliphatic hydroxyl groups excluding tert-OH is 14. The Balaban J connectivity index is 4.62. The van der Waals surface area contributed by atoms with Gasteiger partial charge in [-0.1, -0.05) is 161 Å². The number of ketones is 1. The fraction of sp³-hybridized carbons (Fsp3) is 0.557. The number of allylic oxidation sites excluding steroid dienone is 16. The molecule has 0 radical (unpaired) electrons. The van der Waals surface area contributed by atoms with Gasteiger partial charge in [0, 0.05) is 55.6 Å². The lowest BCUT2D eigenvalue weighted by molar-refractivity contribution is -0.134. The largest absolute Gasteiger partial charge is 0.478 e. The molecule has 0 aliphatic rings. The van der Waals surface area contributed by atoms with Gasteiger partial charge >= 0.3 is 5.97 Å². The Morgan fingerprint density at radius 1 is 0.481 bits per heavy atom. The molecule has 0 saturated heterocycles. The summed E-state index contributed by atoms with van der Waals surface area (Å²) in [6, 6.07) is 0. The fourth-order valence-corrected chi connectivity index (χ4v) is 7.82. The van der Waals surface area contributed by atoms with Crippen molar-refractivity contribution >= 4 is 17.7 Å². The molecule has 20 heteroatoms. The average Bonchev–Trinajstić information content (AvgIpc) is 3.40. The number of hydrogen-bond acceptors (Lipinski definition) is 17. The third kappa shape index (κ3) is 39.0. The number of Topliss-reactive ketones (excluding diaryl/α,β-unsaturated/α-hetero) is 1. The van der Waals surface area contributed by atoms with Crippen molar-refractivity contribution in [3.8, 4) is 0 Å². The molecule has 0 rings (SSSR count). The molecule has 0 spiro atoms. The van der Waals surface area contributed by atoms with Gasteiger partial charge in [0.05, 0.1) is 73.2 Å². The quantitative estimate of drug-likeness (QED) is 0.0104. The van der Waals surface area contributed by atoms with Crippen molar-refractivity contribution in [3.05, 3.63) is 145 Å². The van der Waals surface area contributed by atoms with Crippen molar-refractivity contribution in [2.24, 2.45) is 34.2 Å². The molecule has 81 heavy (non-hydrogen) atoms. The second-order valence-corrected chi connectivity index (χ2v) is 20.4. The second-order valence-electron chi connectivity index (χ2n) is 20.4. The minimum absolute atomic E-state index is 0.00468. The molecular formula is C61H97N3O17. The van der Waals surface area contributed by atoms with Gasteiger partial charge in [0.2, 0.25) is 0 Å². The summed E-state index contributed by atoms with van der Waals surface area (Å²) in [5, 5.41) is 154. The molecule has 0 aromatic heterocycles. The first-order valence-corrected chi connectivity index (χ1v) is 27.6. The van der Waals surface area contributed by atoms with Crippen LogP contribution in [0.3, 0.4) is 0 Å². The van der Waals surface area contributed by atoms with E-state index in [1.165, 1.54) is 50.3 Å². The van der Waals surface area contributed by atoms with Crippen LogP contribution in [-0.4, -0.2) is 186 Å². The Bertz CT molecular complexity index is 2130. The maximum Gasteiger partial charge on any atom is 0.331 e. The van der Waals surface area contributed by atoms with Crippen LogP contribution in [0.1, 0.15) is 105 Å². The van der Waals surface area contributed by atoms with E-state index in [1.54, 1.807) is 85.9 Å². The molecule has 0 heterocycles. The molecule has 0 amide bonds. The maximum atomic E-state index is 12.8. The Hall–Kier alpha value is -5.27. The van der Waals surface area contributed by atoms with Gasteiger partial charge in [-0.05, 0) is 58.3 Å². The number of carbonyl (C=O) groups excluding carboxylic acids is 1. The molecule has 19 N–H and O–H groups in total. The van der Waals surface area contributed by atoms with Gasteiger partial charge in [0.25, 0.3) is 0 Å². The number of carboxylic acid groups (broad SMARTS) is 1. The van der Waals surface area contributed by atoms with E-state index in [2.05, 4.69) is 4.99 Å². The van der Waals surface area contributed by atoms with Crippen LogP contribution < -0.4 is 11.5 Å². The maximum absolute atomic E-state index is 12.8. The zero-order valence-electron chi connectivity index (χ0n) is 47.4. The molecule has 0 aromatic rings. The predicted octanol–water partition coefficient (Wildman–Crippen LogP) is 2.62. The number of carboxylic acids is 1. The first-order valence-electron chi connectivity index (χ1n) is 27.6.